The van der Waals surface area contributed by atoms with Crippen LogP contribution in [-0.2, 0) is 16.1 Å². The van der Waals surface area contributed by atoms with Crippen molar-refractivity contribution in [3.05, 3.63) is 29.8 Å². The topological polar surface area (TPSA) is 50.4 Å². The second-order valence-electron chi connectivity index (χ2n) is 4.09. The third kappa shape index (κ3) is 7.19. The van der Waals surface area contributed by atoms with Crippen LogP contribution in [0.3, 0.4) is 0 Å². The van der Waals surface area contributed by atoms with Gasteiger partial charge >= 0.3 is 0 Å². The maximum Gasteiger partial charge on any atom is 0.231 e. The minimum Gasteiger partial charge on any atom is -0.383 e. The molecule has 4 nitrogen and oxygen atoms in total. The van der Waals surface area contributed by atoms with Gasteiger partial charge in [0.2, 0.25) is 5.91 Å². The summed E-state index contributed by atoms with van der Waals surface area (Å²) >= 11 is 1.50. The highest BCUT2D eigenvalue weighted by molar-refractivity contribution is 8.00. The predicted molar refractivity (Wildman–Crippen MR) is 82.6 cm³/mol. The molecule has 0 aliphatic carbocycles. The van der Waals surface area contributed by atoms with Gasteiger partial charge < -0.3 is 15.4 Å². The number of methoxy groups -OCH3 is 1. The zero-order valence-corrected chi connectivity index (χ0v) is 12.5. The minimum absolute atomic E-state index is 0.0448. The zero-order valence-electron chi connectivity index (χ0n) is 11.6. The van der Waals surface area contributed by atoms with E-state index >= 15 is 0 Å². The Bertz CT molecular complexity index is 457. The van der Waals surface area contributed by atoms with Gasteiger partial charge in [-0.05, 0) is 17.7 Å². The lowest BCUT2D eigenvalue weighted by molar-refractivity contribution is -0.118. The molecule has 5 heteroatoms. The molecule has 1 aromatic carbocycles. The fourth-order valence-electron chi connectivity index (χ4n) is 1.50. The number of benzene rings is 1. The Balaban J connectivity index is 2.35. The number of hydrogen-bond acceptors (Lipinski definition) is 4. The summed E-state index contributed by atoms with van der Waals surface area (Å²) in [6, 6.07) is 8.13. The van der Waals surface area contributed by atoms with Crippen molar-refractivity contribution in [1.29, 1.82) is 0 Å². The first kappa shape index (κ1) is 16.6. The van der Waals surface area contributed by atoms with E-state index in [0.29, 0.717) is 12.4 Å². The number of ether oxygens (including phenoxy) is 1. The van der Waals surface area contributed by atoms with Gasteiger partial charge in [0.05, 0.1) is 18.9 Å². The van der Waals surface area contributed by atoms with Crippen LogP contribution in [-0.4, -0.2) is 38.5 Å². The summed E-state index contributed by atoms with van der Waals surface area (Å²) in [5, 5.41) is 5.93. The highest BCUT2D eigenvalue weighted by atomic mass is 32.2. The molecule has 1 rings (SSSR count). The van der Waals surface area contributed by atoms with Gasteiger partial charge in [-0.15, -0.1) is 18.2 Å². The van der Waals surface area contributed by atoms with Gasteiger partial charge in [-0.1, -0.05) is 18.1 Å². The highest BCUT2D eigenvalue weighted by Crippen LogP contribution is 2.18. The molecular formula is C15H20N2O2S. The lowest BCUT2D eigenvalue weighted by Crippen LogP contribution is -2.25. The van der Waals surface area contributed by atoms with Crippen molar-refractivity contribution in [3.8, 4) is 12.3 Å². The normalized spacial score (nSPS) is 10.0. The summed E-state index contributed by atoms with van der Waals surface area (Å²) < 4.78 is 4.98. The first-order valence-electron chi connectivity index (χ1n) is 6.38. The number of carbonyl (C=O) groups is 1. The SMILES string of the molecule is C#CCNC(=O)CSc1cccc(CNCCOC)c1. The highest BCUT2D eigenvalue weighted by Gasteiger charge is 2.02. The molecule has 108 valence electrons. The van der Waals surface area contributed by atoms with Crippen LogP contribution in [0, 0.1) is 12.3 Å². The third-order valence-corrected chi connectivity index (χ3v) is 3.46. The molecular weight excluding hydrogens is 272 g/mol. The van der Waals surface area contributed by atoms with Crippen LogP contribution < -0.4 is 10.6 Å². The number of nitrogens with one attached hydrogen (secondary N) is 2. The molecule has 0 unspecified atom stereocenters. The number of amides is 1. The lowest BCUT2D eigenvalue weighted by Gasteiger charge is -2.07. The average Bonchev–Trinajstić information content (AvgIpc) is 2.48. The number of terminal acetylenes is 1. The summed E-state index contributed by atoms with van der Waals surface area (Å²) in [5.74, 6) is 2.71. The monoisotopic (exact) mass is 292 g/mol. The summed E-state index contributed by atoms with van der Waals surface area (Å²) in [4.78, 5) is 12.5. The van der Waals surface area contributed by atoms with E-state index < -0.39 is 0 Å². The van der Waals surface area contributed by atoms with Gasteiger partial charge in [-0.2, -0.15) is 0 Å². The molecule has 0 saturated heterocycles. The number of hydrogen-bond donors (Lipinski definition) is 2. The summed E-state index contributed by atoms with van der Waals surface area (Å²) in [5.41, 5.74) is 1.19. The quantitative estimate of drug-likeness (QED) is 0.409. The van der Waals surface area contributed by atoms with E-state index in [4.69, 9.17) is 11.2 Å². The fourth-order valence-corrected chi connectivity index (χ4v) is 2.31. The van der Waals surface area contributed by atoms with Crippen molar-refractivity contribution in [3.63, 3.8) is 0 Å². The Kier molecular flexibility index (Phi) is 8.56. The number of thioether (sulfide) groups is 1. The third-order valence-electron chi connectivity index (χ3n) is 2.47. The zero-order chi connectivity index (χ0) is 14.6. The maximum atomic E-state index is 11.5. The minimum atomic E-state index is -0.0448. The van der Waals surface area contributed by atoms with Gasteiger partial charge in [0.15, 0.2) is 0 Å². The number of carbonyl (C=O) groups excluding carboxylic acids is 1. The van der Waals surface area contributed by atoms with E-state index in [-0.39, 0.29) is 12.5 Å². The molecule has 0 atom stereocenters. The Morgan fingerprint density at radius 1 is 1.50 bits per heavy atom. The molecule has 0 saturated carbocycles. The van der Waals surface area contributed by atoms with E-state index in [9.17, 15) is 4.79 Å². The summed E-state index contributed by atoms with van der Waals surface area (Å²) in [6.07, 6.45) is 5.08. The van der Waals surface area contributed by atoms with Crippen LogP contribution in [0.25, 0.3) is 0 Å². The van der Waals surface area contributed by atoms with Crippen molar-refractivity contribution in [2.24, 2.45) is 0 Å². The second-order valence-corrected chi connectivity index (χ2v) is 5.14. The first-order valence-corrected chi connectivity index (χ1v) is 7.36. The number of rotatable bonds is 9. The predicted octanol–water partition coefficient (Wildman–Crippen LogP) is 1.26. The van der Waals surface area contributed by atoms with Gasteiger partial charge in [0.1, 0.15) is 0 Å². The van der Waals surface area contributed by atoms with E-state index in [2.05, 4.69) is 28.7 Å². The molecule has 0 radical (unpaired) electrons. The van der Waals surface area contributed by atoms with Crippen LogP contribution in [0.1, 0.15) is 5.56 Å². The summed E-state index contributed by atoms with van der Waals surface area (Å²) in [6.45, 7) is 2.59. The average molecular weight is 292 g/mol. The lowest BCUT2D eigenvalue weighted by atomic mass is 10.2. The van der Waals surface area contributed by atoms with Crippen molar-refractivity contribution in [2.75, 3.05) is 32.6 Å². The molecule has 1 amide bonds. The van der Waals surface area contributed by atoms with Crippen molar-refractivity contribution in [2.45, 2.75) is 11.4 Å². The standard InChI is InChI=1S/C15H20N2O2S/c1-3-7-17-15(18)12-20-14-6-4-5-13(10-14)11-16-8-9-19-2/h1,4-6,10,16H,7-9,11-12H2,2H3,(H,17,18). The molecule has 0 heterocycles. The van der Waals surface area contributed by atoms with Gasteiger partial charge in [-0.25, -0.2) is 0 Å². The molecule has 0 aromatic heterocycles. The largest absolute Gasteiger partial charge is 0.383 e. The Morgan fingerprint density at radius 2 is 2.35 bits per heavy atom. The molecule has 0 bridgehead atoms. The Labute approximate surface area is 124 Å². The smallest absolute Gasteiger partial charge is 0.231 e. The van der Waals surface area contributed by atoms with Crippen molar-refractivity contribution < 1.29 is 9.53 Å². The molecule has 1 aromatic rings. The van der Waals surface area contributed by atoms with Crippen molar-refractivity contribution in [1.82, 2.24) is 10.6 Å². The molecule has 0 spiro atoms. The van der Waals surface area contributed by atoms with E-state index in [1.54, 1.807) is 7.11 Å². The van der Waals surface area contributed by atoms with Gasteiger partial charge in [-0.3, -0.25) is 4.79 Å². The molecule has 0 fully saturated rings. The van der Waals surface area contributed by atoms with Gasteiger partial charge in [0, 0.05) is 25.1 Å². The second kappa shape index (κ2) is 10.3. The van der Waals surface area contributed by atoms with Crippen LogP contribution in [0.4, 0.5) is 0 Å². The first-order chi connectivity index (χ1) is 9.76. The van der Waals surface area contributed by atoms with Crippen molar-refractivity contribution >= 4 is 17.7 Å². The van der Waals surface area contributed by atoms with Crippen LogP contribution in [0.5, 0.6) is 0 Å². The molecule has 0 aliphatic heterocycles. The van der Waals surface area contributed by atoms with Crippen LogP contribution in [0.2, 0.25) is 0 Å². The van der Waals surface area contributed by atoms with Crippen LogP contribution >= 0.6 is 11.8 Å². The van der Waals surface area contributed by atoms with E-state index in [1.807, 2.05) is 12.1 Å². The Hall–Kier alpha value is -1.48. The molecule has 20 heavy (non-hydrogen) atoms. The van der Waals surface area contributed by atoms with Crippen LogP contribution in [0.15, 0.2) is 29.2 Å². The molecule has 2 N–H and O–H groups in total. The maximum absolute atomic E-state index is 11.5. The summed E-state index contributed by atoms with van der Waals surface area (Å²) in [7, 11) is 1.68. The fraction of sp³-hybridized carbons (Fsp3) is 0.400. The Morgan fingerprint density at radius 3 is 3.10 bits per heavy atom. The van der Waals surface area contributed by atoms with E-state index in [0.717, 1.165) is 18.0 Å². The molecule has 0 aliphatic rings. The van der Waals surface area contributed by atoms with Gasteiger partial charge in [0.25, 0.3) is 0 Å². The van der Waals surface area contributed by atoms with E-state index in [1.165, 1.54) is 17.3 Å².